The Hall–Kier alpha value is -2.88. The molecule has 1 fully saturated rings. The van der Waals surface area contributed by atoms with Crippen LogP contribution in [0.15, 0.2) is 54.7 Å². The number of aromatic nitrogens is 1. The first-order chi connectivity index (χ1) is 13.2. The van der Waals surface area contributed by atoms with Crippen molar-refractivity contribution in [2.24, 2.45) is 0 Å². The highest BCUT2D eigenvalue weighted by Crippen LogP contribution is 2.43. The summed E-state index contributed by atoms with van der Waals surface area (Å²) in [5, 5.41) is 3.28. The molecule has 1 saturated carbocycles. The highest BCUT2D eigenvalue weighted by molar-refractivity contribution is 5.62. The molecule has 27 heavy (non-hydrogen) atoms. The largest absolute Gasteiger partial charge is 0.489 e. The zero-order valence-electron chi connectivity index (χ0n) is 15.6. The normalized spacial score (nSPS) is 13.4. The van der Waals surface area contributed by atoms with E-state index < -0.39 is 0 Å². The van der Waals surface area contributed by atoms with Crippen LogP contribution >= 0.6 is 0 Å². The molecule has 1 aliphatic carbocycles. The highest BCUT2D eigenvalue weighted by Gasteiger charge is 2.27. The first-order valence-electron chi connectivity index (χ1n) is 9.31. The lowest BCUT2D eigenvalue weighted by molar-refractivity contribution is 0.303. The molecule has 0 bridgehead atoms. The molecule has 138 valence electrons. The molecular weight excluding hydrogens is 339 g/mol. The summed E-state index contributed by atoms with van der Waals surface area (Å²) in [5.74, 6) is 1.15. The summed E-state index contributed by atoms with van der Waals surface area (Å²) in [5.41, 5.74) is 5.81. The van der Waals surface area contributed by atoms with Gasteiger partial charge < -0.3 is 10.1 Å². The second kappa shape index (κ2) is 7.39. The smallest absolute Gasteiger partial charge is 0.149 e. The highest BCUT2D eigenvalue weighted by atomic mass is 19.1. The number of rotatable bonds is 6. The lowest BCUT2D eigenvalue weighted by Crippen LogP contribution is -2.05. The second-order valence-corrected chi connectivity index (χ2v) is 7.00. The van der Waals surface area contributed by atoms with Crippen LogP contribution in [-0.2, 0) is 6.61 Å². The van der Waals surface area contributed by atoms with E-state index in [1.165, 1.54) is 30.0 Å². The molecule has 3 nitrogen and oxygen atoms in total. The Morgan fingerprint density at radius 1 is 1.15 bits per heavy atom. The topological polar surface area (TPSA) is 34.1 Å². The molecule has 4 heteroatoms. The van der Waals surface area contributed by atoms with Gasteiger partial charge in [-0.15, -0.1) is 0 Å². The number of anilines is 1. The number of nitrogens with zero attached hydrogens (tertiary/aromatic N) is 1. The zero-order valence-corrected chi connectivity index (χ0v) is 15.6. The van der Waals surface area contributed by atoms with E-state index in [1.54, 1.807) is 12.3 Å². The van der Waals surface area contributed by atoms with E-state index in [0.717, 1.165) is 22.6 Å². The first-order valence-corrected chi connectivity index (χ1v) is 9.31. The molecule has 0 saturated heterocycles. The molecule has 0 radical (unpaired) electrons. The molecule has 3 aromatic rings. The van der Waals surface area contributed by atoms with Gasteiger partial charge in [0.05, 0.1) is 0 Å². The molecule has 0 atom stereocenters. The fraction of sp³-hybridized carbons (Fsp3) is 0.261. The molecule has 2 aromatic carbocycles. The van der Waals surface area contributed by atoms with Crippen LogP contribution in [0.25, 0.3) is 11.3 Å². The van der Waals surface area contributed by atoms with Crippen LogP contribution in [0, 0.1) is 12.7 Å². The van der Waals surface area contributed by atoms with Crippen LogP contribution in [0.5, 0.6) is 5.75 Å². The standard InChI is InChI=1S/C23H23FN2O/c1-15-13-17(23-20(24)6-4-12-26-23)10-11-22(15)27-14-19-18(16-8-9-16)5-3-7-21(19)25-2/h3-7,10-13,16,25H,8-9,14H2,1-2H3. The quantitative estimate of drug-likeness (QED) is 0.611. The average molecular weight is 362 g/mol. The third-order valence-electron chi connectivity index (χ3n) is 5.08. The molecule has 1 aliphatic rings. The number of pyridine rings is 1. The SMILES string of the molecule is CNc1cccc(C2CC2)c1COc1ccc(-c2ncccc2F)cc1C. The number of halogens is 1. The van der Waals surface area contributed by atoms with E-state index in [-0.39, 0.29) is 5.82 Å². The number of aryl methyl sites for hydroxylation is 1. The van der Waals surface area contributed by atoms with E-state index in [4.69, 9.17) is 4.74 Å². The number of hydrogen-bond donors (Lipinski definition) is 1. The Bertz CT molecular complexity index is 966. The molecule has 0 aliphatic heterocycles. The molecule has 0 unspecified atom stereocenters. The molecule has 4 rings (SSSR count). The van der Waals surface area contributed by atoms with Gasteiger partial charge in [-0.05, 0) is 73.2 Å². The fourth-order valence-electron chi connectivity index (χ4n) is 3.48. The van der Waals surface area contributed by atoms with Gasteiger partial charge in [-0.3, -0.25) is 4.98 Å². The summed E-state index contributed by atoms with van der Waals surface area (Å²) in [6.45, 7) is 2.49. The van der Waals surface area contributed by atoms with Crippen LogP contribution in [0.1, 0.15) is 35.4 Å². The molecule has 1 N–H and O–H groups in total. The van der Waals surface area contributed by atoms with Crippen molar-refractivity contribution in [1.82, 2.24) is 4.98 Å². The van der Waals surface area contributed by atoms with Crippen molar-refractivity contribution in [2.75, 3.05) is 12.4 Å². The summed E-state index contributed by atoms with van der Waals surface area (Å²) >= 11 is 0. The number of benzene rings is 2. The van der Waals surface area contributed by atoms with Crippen LogP contribution in [0.3, 0.4) is 0 Å². The number of ether oxygens (including phenoxy) is 1. The van der Waals surface area contributed by atoms with E-state index >= 15 is 0 Å². The second-order valence-electron chi connectivity index (χ2n) is 7.00. The Balaban J connectivity index is 1.57. The summed E-state index contributed by atoms with van der Waals surface area (Å²) in [7, 11) is 1.94. The van der Waals surface area contributed by atoms with Crippen molar-refractivity contribution < 1.29 is 9.13 Å². The van der Waals surface area contributed by atoms with Gasteiger partial charge in [-0.2, -0.15) is 0 Å². The Labute approximate surface area is 159 Å². The van der Waals surface area contributed by atoms with E-state index in [2.05, 4.69) is 28.5 Å². The molecular formula is C23H23FN2O. The van der Waals surface area contributed by atoms with Gasteiger partial charge in [0.25, 0.3) is 0 Å². The van der Waals surface area contributed by atoms with Crippen molar-refractivity contribution in [3.63, 3.8) is 0 Å². The van der Waals surface area contributed by atoms with Gasteiger partial charge in [-0.1, -0.05) is 12.1 Å². The first kappa shape index (κ1) is 17.5. The van der Waals surface area contributed by atoms with E-state index in [1.807, 2.05) is 32.2 Å². The average Bonchev–Trinajstić information content (AvgIpc) is 3.52. The van der Waals surface area contributed by atoms with E-state index in [9.17, 15) is 4.39 Å². The van der Waals surface area contributed by atoms with Gasteiger partial charge in [0.15, 0.2) is 0 Å². The van der Waals surface area contributed by atoms with Crippen molar-refractivity contribution in [1.29, 1.82) is 0 Å². The van der Waals surface area contributed by atoms with Crippen LogP contribution in [-0.4, -0.2) is 12.0 Å². The lowest BCUT2D eigenvalue weighted by atomic mass is 10.0. The van der Waals surface area contributed by atoms with Crippen molar-refractivity contribution in [3.05, 3.63) is 77.2 Å². The zero-order chi connectivity index (χ0) is 18.8. The van der Waals surface area contributed by atoms with Crippen molar-refractivity contribution in [2.45, 2.75) is 32.3 Å². The van der Waals surface area contributed by atoms with Gasteiger partial charge in [0.1, 0.15) is 23.9 Å². The Morgan fingerprint density at radius 3 is 2.70 bits per heavy atom. The summed E-state index contributed by atoms with van der Waals surface area (Å²) in [6, 6.07) is 15.1. The minimum Gasteiger partial charge on any atom is -0.489 e. The Morgan fingerprint density at radius 2 is 2.00 bits per heavy atom. The fourth-order valence-corrected chi connectivity index (χ4v) is 3.48. The summed E-state index contributed by atoms with van der Waals surface area (Å²) in [4.78, 5) is 4.15. The minimum atomic E-state index is -0.317. The van der Waals surface area contributed by atoms with Crippen molar-refractivity contribution in [3.8, 4) is 17.0 Å². The van der Waals surface area contributed by atoms with Gasteiger partial charge in [0, 0.05) is 30.1 Å². The molecule has 0 spiro atoms. The van der Waals surface area contributed by atoms with Crippen molar-refractivity contribution >= 4 is 5.69 Å². The summed E-state index contributed by atoms with van der Waals surface area (Å²) < 4.78 is 20.1. The maximum absolute atomic E-state index is 14.0. The van der Waals surface area contributed by atoms with Crippen LogP contribution in [0.2, 0.25) is 0 Å². The maximum atomic E-state index is 14.0. The third kappa shape index (κ3) is 3.65. The molecule has 0 amide bonds. The molecule has 1 heterocycles. The predicted molar refractivity (Wildman–Crippen MR) is 107 cm³/mol. The van der Waals surface area contributed by atoms with Crippen LogP contribution < -0.4 is 10.1 Å². The number of hydrogen-bond acceptors (Lipinski definition) is 3. The summed E-state index contributed by atoms with van der Waals surface area (Å²) in [6.07, 6.45) is 4.11. The van der Waals surface area contributed by atoms with Gasteiger partial charge in [0.2, 0.25) is 0 Å². The van der Waals surface area contributed by atoms with Crippen LogP contribution in [0.4, 0.5) is 10.1 Å². The Kier molecular flexibility index (Phi) is 4.80. The van der Waals surface area contributed by atoms with Gasteiger partial charge in [-0.25, -0.2) is 4.39 Å². The third-order valence-corrected chi connectivity index (χ3v) is 5.08. The van der Waals surface area contributed by atoms with Gasteiger partial charge >= 0.3 is 0 Å². The lowest BCUT2D eigenvalue weighted by Gasteiger charge is -2.16. The predicted octanol–water partition coefficient (Wildman–Crippen LogP) is 5.69. The monoisotopic (exact) mass is 362 g/mol. The maximum Gasteiger partial charge on any atom is 0.149 e. The molecule has 1 aromatic heterocycles. The minimum absolute atomic E-state index is 0.317. The van der Waals surface area contributed by atoms with E-state index in [0.29, 0.717) is 18.2 Å². The number of nitrogens with one attached hydrogen (secondary N) is 1.